The molecular formula is C24H23FN6O2. The summed E-state index contributed by atoms with van der Waals surface area (Å²) in [7, 11) is 1.47. The molecule has 0 spiro atoms. The van der Waals surface area contributed by atoms with Crippen LogP contribution < -0.4 is 15.8 Å². The first-order valence-electron chi connectivity index (χ1n) is 10.7. The lowest BCUT2D eigenvalue weighted by Gasteiger charge is -2.27. The predicted molar refractivity (Wildman–Crippen MR) is 123 cm³/mol. The number of nitrogens with zero attached hydrogens (tertiary/aromatic N) is 4. The van der Waals surface area contributed by atoms with Crippen molar-refractivity contribution in [1.29, 1.82) is 0 Å². The van der Waals surface area contributed by atoms with Crippen LogP contribution in [0.25, 0.3) is 22.3 Å². The van der Waals surface area contributed by atoms with Gasteiger partial charge in [-0.05, 0) is 30.2 Å². The lowest BCUT2D eigenvalue weighted by Crippen LogP contribution is -2.43. The Kier molecular flexibility index (Phi) is 5.47. The molecule has 1 fully saturated rings. The van der Waals surface area contributed by atoms with Crippen LogP contribution in [0.4, 0.5) is 10.2 Å². The predicted octanol–water partition coefficient (Wildman–Crippen LogP) is 3.18. The van der Waals surface area contributed by atoms with Crippen LogP contribution >= 0.6 is 0 Å². The molecule has 3 heterocycles. The number of anilines is 1. The number of nitrogens with one attached hydrogen (secondary N) is 1. The van der Waals surface area contributed by atoms with E-state index in [0.717, 1.165) is 40.9 Å². The van der Waals surface area contributed by atoms with Gasteiger partial charge < -0.3 is 15.8 Å². The van der Waals surface area contributed by atoms with Gasteiger partial charge in [0.1, 0.15) is 29.4 Å². The Labute approximate surface area is 189 Å². The minimum Gasteiger partial charge on any atom is -0.496 e. The molecule has 2 aromatic heterocycles. The maximum atomic E-state index is 13.6. The van der Waals surface area contributed by atoms with Crippen LogP contribution in [0.15, 0.2) is 48.8 Å². The minimum atomic E-state index is -0.462. The standard InChI is InChI=1S/C24H23FN6O2/c1-33-20-9-7-16(25)10-18(20)19(32)8-4-14-2-5-15(6-3-14)22-21-23(26)28-13-29-24(21)31(30-22)17-11-27-12-17/h2-3,5-7,9-10,13,17,27H,4,8,11-12H2,1H3,(H2,26,28,29). The summed E-state index contributed by atoms with van der Waals surface area (Å²) >= 11 is 0. The van der Waals surface area contributed by atoms with Crippen LogP contribution in [0.2, 0.25) is 0 Å². The first-order chi connectivity index (χ1) is 16.0. The molecular weight excluding hydrogens is 423 g/mol. The van der Waals surface area contributed by atoms with Gasteiger partial charge in [0.15, 0.2) is 11.4 Å². The molecule has 4 aromatic rings. The number of hydrogen-bond donors (Lipinski definition) is 2. The summed E-state index contributed by atoms with van der Waals surface area (Å²) in [5.74, 6) is 0.142. The van der Waals surface area contributed by atoms with Crippen LogP contribution in [-0.4, -0.2) is 45.7 Å². The van der Waals surface area contributed by atoms with Crippen molar-refractivity contribution in [1.82, 2.24) is 25.1 Å². The molecule has 0 bridgehead atoms. The quantitative estimate of drug-likeness (QED) is 0.420. The third-order valence-corrected chi connectivity index (χ3v) is 5.95. The fourth-order valence-corrected chi connectivity index (χ4v) is 4.02. The fourth-order valence-electron chi connectivity index (χ4n) is 4.02. The van der Waals surface area contributed by atoms with Crippen molar-refractivity contribution in [2.45, 2.75) is 18.9 Å². The number of rotatable bonds is 7. The van der Waals surface area contributed by atoms with Crippen LogP contribution in [0, 0.1) is 5.82 Å². The summed E-state index contributed by atoms with van der Waals surface area (Å²) < 4.78 is 20.7. The van der Waals surface area contributed by atoms with Gasteiger partial charge in [0, 0.05) is 25.1 Å². The summed E-state index contributed by atoms with van der Waals surface area (Å²) in [6.45, 7) is 1.67. The zero-order valence-electron chi connectivity index (χ0n) is 18.1. The Morgan fingerprint density at radius 2 is 2.00 bits per heavy atom. The van der Waals surface area contributed by atoms with E-state index in [1.807, 2.05) is 28.9 Å². The number of benzene rings is 2. The average Bonchev–Trinajstić information content (AvgIpc) is 3.17. The maximum absolute atomic E-state index is 13.6. The minimum absolute atomic E-state index is 0.167. The highest BCUT2D eigenvalue weighted by Gasteiger charge is 2.25. The van der Waals surface area contributed by atoms with E-state index in [4.69, 9.17) is 15.6 Å². The molecule has 1 saturated heterocycles. The summed E-state index contributed by atoms with van der Waals surface area (Å²) in [6.07, 6.45) is 2.22. The van der Waals surface area contributed by atoms with Gasteiger partial charge >= 0.3 is 0 Å². The number of ketones is 1. The van der Waals surface area contributed by atoms with E-state index < -0.39 is 5.82 Å². The average molecular weight is 446 g/mol. The topological polar surface area (TPSA) is 108 Å². The number of aromatic nitrogens is 4. The molecule has 2 aromatic carbocycles. The van der Waals surface area contributed by atoms with Gasteiger partial charge in [0.05, 0.1) is 24.1 Å². The number of Topliss-reactive ketones (excluding diaryl/α,β-unsaturated/α-hetero) is 1. The van der Waals surface area contributed by atoms with Gasteiger partial charge in [-0.2, -0.15) is 5.10 Å². The number of nitrogens with two attached hydrogens (primary N) is 1. The van der Waals surface area contributed by atoms with Crippen LogP contribution in [0.3, 0.4) is 0 Å². The van der Waals surface area contributed by atoms with E-state index in [1.165, 1.54) is 31.6 Å². The SMILES string of the molecule is COc1ccc(F)cc1C(=O)CCc1ccc(-c2nn(C3CNC3)c3ncnc(N)c23)cc1. The van der Waals surface area contributed by atoms with Gasteiger partial charge in [0.25, 0.3) is 0 Å². The zero-order chi connectivity index (χ0) is 22.9. The van der Waals surface area contributed by atoms with Gasteiger partial charge in [-0.1, -0.05) is 24.3 Å². The number of aryl methyl sites for hydroxylation is 1. The number of carbonyl (C=O) groups excluding carboxylic acids is 1. The summed E-state index contributed by atoms with van der Waals surface area (Å²) in [4.78, 5) is 21.2. The molecule has 0 amide bonds. The molecule has 0 aliphatic carbocycles. The second-order valence-corrected chi connectivity index (χ2v) is 8.03. The van der Waals surface area contributed by atoms with E-state index >= 15 is 0 Å². The second-order valence-electron chi connectivity index (χ2n) is 8.03. The number of carbonyl (C=O) groups is 1. The van der Waals surface area contributed by atoms with Crippen molar-refractivity contribution in [3.05, 3.63) is 65.7 Å². The van der Waals surface area contributed by atoms with E-state index in [0.29, 0.717) is 18.0 Å². The van der Waals surface area contributed by atoms with E-state index in [1.54, 1.807) is 0 Å². The molecule has 8 nitrogen and oxygen atoms in total. The lowest BCUT2D eigenvalue weighted by molar-refractivity contribution is 0.0979. The van der Waals surface area contributed by atoms with Crippen molar-refractivity contribution >= 4 is 22.6 Å². The van der Waals surface area contributed by atoms with Crippen molar-refractivity contribution in [3.63, 3.8) is 0 Å². The Hall–Kier alpha value is -3.85. The molecule has 3 N–H and O–H groups in total. The normalized spacial score (nSPS) is 13.8. The number of halogens is 1. The summed E-state index contributed by atoms with van der Waals surface area (Å²) in [6, 6.07) is 12.0. The maximum Gasteiger partial charge on any atom is 0.167 e. The van der Waals surface area contributed by atoms with E-state index in [2.05, 4.69) is 15.3 Å². The molecule has 5 rings (SSSR count). The fraction of sp³-hybridized carbons (Fsp3) is 0.250. The molecule has 0 radical (unpaired) electrons. The Balaban J connectivity index is 1.37. The van der Waals surface area contributed by atoms with E-state index in [9.17, 15) is 9.18 Å². The van der Waals surface area contributed by atoms with Crippen molar-refractivity contribution in [3.8, 4) is 17.0 Å². The van der Waals surface area contributed by atoms with E-state index in [-0.39, 0.29) is 23.8 Å². The summed E-state index contributed by atoms with van der Waals surface area (Å²) in [5, 5.41) is 8.79. The van der Waals surface area contributed by atoms with Gasteiger partial charge in [-0.15, -0.1) is 0 Å². The number of nitrogen functional groups attached to an aromatic ring is 1. The van der Waals surface area contributed by atoms with Gasteiger partial charge in [-0.25, -0.2) is 19.0 Å². The largest absolute Gasteiger partial charge is 0.496 e. The summed E-state index contributed by atoms with van der Waals surface area (Å²) in [5.41, 5.74) is 9.78. The Morgan fingerprint density at radius 1 is 1.21 bits per heavy atom. The van der Waals surface area contributed by atoms with Gasteiger partial charge in [-0.3, -0.25) is 4.79 Å². The molecule has 33 heavy (non-hydrogen) atoms. The molecule has 0 atom stereocenters. The first-order valence-corrected chi connectivity index (χ1v) is 10.7. The van der Waals surface area contributed by atoms with Crippen molar-refractivity contribution in [2.75, 3.05) is 25.9 Å². The smallest absolute Gasteiger partial charge is 0.167 e. The second kappa shape index (κ2) is 8.59. The number of methoxy groups -OCH3 is 1. The molecule has 1 aliphatic rings. The molecule has 168 valence electrons. The zero-order valence-corrected chi connectivity index (χ0v) is 18.1. The third-order valence-electron chi connectivity index (χ3n) is 5.95. The number of hydrogen-bond acceptors (Lipinski definition) is 7. The van der Waals surface area contributed by atoms with Gasteiger partial charge in [0.2, 0.25) is 0 Å². The third kappa shape index (κ3) is 3.91. The Bertz CT molecular complexity index is 1330. The van der Waals surface area contributed by atoms with Crippen molar-refractivity contribution < 1.29 is 13.9 Å². The highest BCUT2D eigenvalue weighted by molar-refractivity contribution is 5.99. The van der Waals surface area contributed by atoms with Crippen molar-refractivity contribution in [2.24, 2.45) is 0 Å². The highest BCUT2D eigenvalue weighted by Crippen LogP contribution is 2.32. The molecule has 9 heteroatoms. The monoisotopic (exact) mass is 446 g/mol. The Morgan fingerprint density at radius 3 is 2.70 bits per heavy atom. The molecule has 0 saturated carbocycles. The molecule has 0 unspecified atom stereocenters. The lowest BCUT2D eigenvalue weighted by atomic mass is 10.00. The van der Waals surface area contributed by atoms with Crippen LogP contribution in [-0.2, 0) is 6.42 Å². The number of ether oxygens (including phenoxy) is 1. The van der Waals surface area contributed by atoms with Crippen LogP contribution in [0.1, 0.15) is 28.4 Å². The van der Waals surface area contributed by atoms with Crippen LogP contribution in [0.5, 0.6) is 5.75 Å². The first kappa shape index (κ1) is 21.0. The highest BCUT2D eigenvalue weighted by atomic mass is 19.1. The number of fused-ring (bicyclic) bond motifs is 1. The molecule has 1 aliphatic heterocycles.